The zero-order valence-corrected chi connectivity index (χ0v) is 16.0. The fraction of sp³-hybridized carbons (Fsp3) is 0.292. The van der Waals surface area contributed by atoms with Crippen LogP contribution in [0.3, 0.4) is 0 Å². The molecule has 5 aliphatic rings. The predicted molar refractivity (Wildman–Crippen MR) is 108 cm³/mol. The fourth-order valence-electron chi connectivity index (χ4n) is 5.71. The lowest BCUT2D eigenvalue weighted by atomic mass is 9.63. The molecule has 3 amide bonds. The molecule has 7 rings (SSSR count). The van der Waals surface area contributed by atoms with E-state index in [1.54, 1.807) is 24.3 Å². The average Bonchev–Trinajstić information content (AvgIpc) is 3.53. The molecule has 6 atom stereocenters. The summed E-state index contributed by atoms with van der Waals surface area (Å²) in [6.07, 6.45) is 5.43. The second-order valence-electron chi connectivity index (χ2n) is 8.67. The van der Waals surface area contributed by atoms with Gasteiger partial charge in [-0.15, -0.1) is 0 Å². The fourth-order valence-corrected chi connectivity index (χ4v) is 5.71. The van der Waals surface area contributed by atoms with E-state index in [1.807, 2.05) is 0 Å². The number of allylic oxidation sites excluding steroid dienone is 2. The van der Waals surface area contributed by atoms with Gasteiger partial charge in [0.1, 0.15) is 5.82 Å². The van der Waals surface area contributed by atoms with Crippen molar-refractivity contribution in [3.63, 3.8) is 0 Å². The second kappa shape index (κ2) is 6.11. The SMILES string of the molecule is O=C(Nc1ccc(F)cc1)c1ccc(N2C(=O)[C@H]3[C@@H]4C=C[C@@H]([C@H]5C[C@H]45)[C@@H]3C2=O)cc1. The molecule has 0 aromatic heterocycles. The van der Waals surface area contributed by atoms with Gasteiger partial charge in [-0.05, 0) is 78.6 Å². The summed E-state index contributed by atoms with van der Waals surface area (Å²) in [6, 6.07) is 12.0. The number of hydrogen-bond acceptors (Lipinski definition) is 3. The number of anilines is 2. The summed E-state index contributed by atoms with van der Waals surface area (Å²) in [4.78, 5) is 40.1. The van der Waals surface area contributed by atoms with Crippen LogP contribution in [0.4, 0.5) is 15.8 Å². The average molecular weight is 402 g/mol. The highest BCUT2D eigenvalue weighted by Crippen LogP contribution is 2.65. The summed E-state index contributed by atoms with van der Waals surface area (Å²) in [5.74, 6) is 0.0826. The zero-order valence-electron chi connectivity index (χ0n) is 16.0. The summed E-state index contributed by atoms with van der Waals surface area (Å²) in [5, 5.41) is 2.70. The van der Waals surface area contributed by atoms with Crippen molar-refractivity contribution in [1.29, 1.82) is 0 Å². The molecular formula is C24H19FN2O3. The molecule has 2 bridgehead atoms. The summed E-state index contributed by atoms with van der Waals surface area (Å²) in [6.45, 7) is 0. The first kappa shape index (κ1) is 17.6. The maximum atomic E-state index is 13.2. The van der Waals surface area contributed by atoms with Gasteiger partial charge in [0.15, 0.2) is 0 Å². The van der Waals surface area contributed by atoms with Gasteiger partial charge in [-0.1, -0.05) is 12.2 Å². The molecule has 5 nitrogen and oxygen atoms in total. The third kappa shape index (κ3) is 2.43. The van der Waals surface area contributed by atoms with Crippen LogP contribution in [0, 0.1) is 41.3 Å². The highest BCUT2D eigenvalue weighted by molar-refractivity contribution is 6.22. The first-order chi connectivity index (χ1) is 14.5. The Kier molecular flexibility index (Phi) is 3.58. The largest absolute Gasteiger partial charge is 0.322 e. The zero-order chi connectivity index (χ0) is 20.6. The van der Waals surface area contributed by atoms with E-state index < -0.39 is 0 Å². The lowest BCUT2D eigenvalue weighted by Crippen LogP contribution is -2.40. The second-order valence-corrected chi connectivity index (χ2v) is 8.67. The number of hydrogen-bond donors (Lipinski definition) is 1. The standard InChI is InChI=1S/C24H19FN2O3/c25-13-3-5-14(6-4-13)26-22(28)12-1-7-15(8-2-12)27-23(29)20-16-9-10-17(19-11-18(16)19)21(20)24(27)30/h1-10,16-21H,11H2,(H,26,28)/t16-,17+,18-,19-,20+,21+/m1/s1. The molecule has 2 saturated carbocycles. The van der Waals surface area contributed by atoms with Crippen molar-refractivity contribution in [1.82, 2.24) is 0 Å². The van der Waals surface area contributed by atoms with Crippen LogP contribution in [0.15, 0.2) is 60.7 Å². The van der Waals surface area contributed by atoms with Crippen molar-refractivity contribution in [3.05, 3.63) is 72.1 Å². The van der Waals surface area contributed by atoms with Gasteiger partial charge in [0.25, 0.3) is 5.91 Å². The minimum Gasteiger partial charge on any atom is -0.322 e. The number of imide groups is 1. The molecule has 30 heavy (non-hydrogen) atoms. The Morgan fingerprint density at radius 1 is 0.867 bits per heavy atom. The molecule has 2 aromatic rings. The number of benzene rings is 2. The van der Waals surface area contributed by atoms with E-state index in [2.05, 4.69) is 17.5 Å². The van der Waals surface area contributed by atoms with Crippen LogP contribution in [0.25, 0.3) is 0 Å². The van der Waals surface area contributed by atoms with Crippen LogP contribution < -0.4 is 10.2 Å². The van der Waals surface area contributed by atoms with Gasteiger partial charge in [0.2, 0.25) is 11.8 Å². The lowest BCUT2D eigenvalue weighted by molar-refractivity contribution is -0.124. The molecule has 1 aliphatic heterocycles. The van der Waals surface area contributed by atoms with Gasteiger partial charge >= 0.3 is 0 Å². The van der Waals surface area contributed by atoms with E-state index in [1.165, 1.54) is 29.2 Å². The van der Waals surface area contributed by atoms with E-state index in [0.29, 0.717) is 28.8 Å². The molecular weight excluding hydrogens is 383 g/mol. The Balaban J connectivity index is 1.23. The van der Waals surface area contributed by atoms with E-state index in [0.717, 1.165) is 6.42 Å². The van der Waals surface area contributed by atoms with Gasteiger partial charge in [-0.25, -0.2) is 4.39 Å². The maximum absolute atomic E-state index is 13.2. The van der Waals surface area contributed by atoms with Gasteiger partial charge < -0.3 is 5.32 Å². The van der Waals surface area contributed by atoms with Crippen LogP contribution in [0.5, 0.6) is 0 Å². The number of rotatable bonds is 3. The third-order valence-electron chi connectivity index (χ3n) is 7.15. The molecule has 1 saturated heterocycles. The van der Waals surface area contributed by atoms with Crippen LogP contribution in [0.1, 0.15) is 16.8 Å². The Morgan fingerprint density at radius 3 is 2.00 bits per heavy atom. The van der Waals surface area contributed by atoms with Crippen LogP contribution in [0.2, 0.25) is 0 Å². The quantitative estimate of drug-likeness (QED) is 0.630. The minimum atomic E-state index is -0.376. The molecule has 150 valence electrons. The molecule has 0 unspecified atom stereocenters. The van der Waals surface area contributed by atoms with Gasteiger partial charge in [0.05, 0.1) is 17.5 Å². The lowest BCUT2D eigenvalue weighted by Gasteiger charge is -2.37. The van der Waals surface area contributed by atoms with Crippen LogP contribution >= 0.6 is 0 Å². The highest BCUT2D eigenvalue weighted by atomic mass is 19.1. The molecule has 6 heteroatoms. The number of nitrogens with zero attached hydrogens (tertiary/aromatic N) is 1. The number of carbonyl (C=O) groups is 3. The minimum absolute atomic E-state index is 0.113. The predicted octanol–water partition coefficient (Wildman–Crippen LogP) is 3.64. The summed E-state index contributed by atoms with van der Waals surface area (Å²) in [5.41, 5.74) is 1.38. The van der Waals surface area contributed by atoms with Crippen molar-refractivity contribution in [3.8, 4) is 0 Å². The Bertz CT molecular complexity index is 1070. The Morgan fingerprint density at radius 2 is 1.43 bits per heavy atom. The van der Waals surface area contributed by atoms with E-state index >= 15 is 0 Å². The normalized spacial score (nSPS) is 32.8. The molecule has 0 spiro atoms. The smallest absolute Gasteiger partial charge is 0.255 e. The van der Waals surface area contributed by atoms with Gasteiger partial charge in [-0.3, -0.25) is 19.3 Å². The van der Waals surface area contributed by atoms with Gasteiger partial charge in [-0.2, -0.15) is 0 Å². The Labute approximate surface area is 172 Å². The molecule has 0 radical (unpaired) electrons. The molecule has 3 fully saturated rings. The molecule has 1 heterocycles. The highest BCUT2D eigenvalue weighted by Gasteiger charge is 2.67. The molecule has 2 aromatic carbocycles. The number of amides is 3. The van der Waals surface area contributed by atoms with Crippen molar-refractivity contribution in [2.24, 2.45) is 35.5 Å². The summed E-state index contributed by atoms with van der Waals surface area (Å²) < 4.78 is 13.0. The van der Waals surface area contributed by atoms with Crippen molar-refractivity contribution < 1.29 is 18.8 Å². The molecule has 1 N–H and O–H groups in total. The maximum Gasteiger partial charge on any atom is 0.255 e. The van der Waals surface area contributed by atoms with Crippen molar-refractivity contribution in [2.45, 2.75) is 6.42 Å². The monoisotopic (exact) mass is 402 g/mol. The Hall–Kier alpha value is -3.28. The topological polar surface area (TPSA) is 66.5 Å². The first-order valence-electron chi connectivity index (χ1n) is 10.3. The van der Waals surface area contributed by atoms with Crippen molar-refractivity contribution >= 4 is 29.1 Å². The van der Waals surface area contributed by atoms with Crippen LogP contribution in [-0.2, 0) is 9.59 Å². The first-order valence-corrected chi connectivity index (χ1v) is 10.3. The van der Waals surface area contributed by atoms with Crippen LogP contribution in [-0.4, -0.2) is 17.7 Å². The van der Waals surface area contributed by atoms with E-state index in [-0.39, 0.29) is 47.2 Å². The third-order valence-corrected chi connectivity index (χ3v) is 7.15. The van der Waals surface area contributed by atoms with E-state index in [4.69, 9.17) is 0 Å². The summed E-state index contributed by atoms with van der Waals surface area (Å²) >= 11 is 0. The number of nitrogens with one attached hydrogen (secondary N) is 1. The van der Waals surface area contributed by atoms with Gasteiger partial charge in [0, 0.05) is 11.3 Å². The molecule has 4 aliphatic carbocycles. The summed E-state index contributed by atoms with van der Waals surface area (Å²) in [7, 11) is 0. The van der Waals surface area contributed by atoms with Crippen molar-refractivity contribution in [2.75, 3.05) is 10.2 Å². The van der Waals surface area contributed by atoms with E-state index in [9.17, 15) is 18.8 Å². The number of carbonyl (C=O) groups excluding carboxylic acids is 3. The number of halogens is 1.